The summed E-state index contributed by atoms with van der Waals surface area (Å²) in [7, 11) is 0. The molecule has 4 aromatic carbocycles. The van der Waals surface area contributed by atoms with Gasteiger partial charge in [-0.2, -0.15) is 0 Å². The number of benzene rings is 4. The van der Waals surface area contributed by atoms with Crippen molar-refractivity contribution in [1.29, 1.82) is 0 Å². The monoisotopic (exact) mass is 721 g/mol. The molecule has 49 heavy (non-hydrogen) atoms. The lowest BCUT2D eigenvalue weighted by Gasteiger charge is -2.30. The molecule has 1 saturated heterocycles. The maximum absolute atomic E-state index is 12.0. The molecular formula is C41H40BrNO6. The van der Waals surface area contributed by atoms with Gasteiger partial charge in [-0.05, 0) is 128 Å². The van der Waals surface area contributed by atoms with Crippen LogP contribution < -0.4 is 9.47 Å². The first-order valence-electron chi connectivity index (χ1n) is 16.4. The Balaban J connectivity index is 1.21. The third kappa shape index (κ3) is 10.6. The van der Waals surface area contributed by atoms with Crippen LogP contribution in [-0.2, 0) is 20.9 Å². The second-order valence-corrected chi connectivity index (χ2v) is 12.8. The van der Waals surface area contributed by atoms with E-state index in [1.165, 1.54) is 5.56 Å². The summed E-state index contributed by atoms with van der Waals surface area (Å²) in [5.41, 5.74) is 7.04. The van der Waals surface area contributed by atoms with E-state index in [4.69, 9.17) is 19.3 Å². The number of carboxylic acids is 1. The lowest BCUT2D eigenvalue weighted by molar-refractivity contribution is -0.149. The van der Waals surface area contributed by atoms with Gasteiger partial charge in [0.05, 0.1) is 12.5 Å². The summed E-state index contributed by atoms with van der Waals surface area (Å²) in [6.07, 6.45) is 3.75. The third-order valence-corrected chi connectivity index (χ3v) is 8.83. The van der Waals surface area contributed by atoms with E-state index >= 15 is 0 Å². The van der Waals surface area contributed by atoms with Crippen molar-refractivity contribution in [2.75, 3.05) is 32.9 Å². The number of esters is 1. The van der Waals surface area contributed by atoms with E-state index in [0.29, 0.717) is 24.7 Å². The number of likely N-dealkylation sites (tertiary alicyclic amines) is 1. The van der Waals surface area contributed by atoms with Crippen molar-refractivity contribution in [2.24, 2.45) is 5.92 Å². The SMILES string of the molecule is CCOC(=O)C1CCN(Cc2ccc(C#Cc3ccc(/C(=C\COc4ccc(OCC(=O)O)c(C)c4)c4ccc(Br)cc4)cc3)cc2)CC1. The Morgan fingerprint density at radius 3 is 2.08 bits per heavy atom. The number of hydrogen-bond donors (Lipinski definition) is 1. The minimum absolute atomic E-state index is 0.0230. The molecule has 7 nitrogen and oxygen atoms in total. The van der Waals surface area contributed by atoms with Crippen molar-refractivity contribution in [3.05, 3.63) is 135 Å². The van der Waals surface area contributed by atoms with Crippen molar-refractivity contribution in [3.8, 4) is 23.3 Å². The lowest BCUT2D eigenvalue weighted by atomic mass is 9.96. The van der Waals surface area contributed by atoms with Gasteiger partial charge in [0, 0.05) is 22.1 Å². The number of carbonyl (C=O) groups is 2. The second kappa shape index (κ2) is 17.5. The zero-order chi connectivity index (χ0) is 34.6. The molecule has 0 saturated carbocycles. The van der Waals surface area contributed by atoms with E-state index < -0.39 is 5.97 Å². The van der Waals surface area contributed by atoms with E-state index in [9.17, 15) is 9.59 Å². The molecule has 0 spiro atoms. The van der Waals surface area contributed by atoms with Gasteiger partial charge in [0.1, 0.15) is 18.1 Å². The van der Waals surface area contributed by atoms with Crippen molar-refractivity contribution in [1.82, 2.24) is 4.90 Å². The highest BCUT2D eigenvalue weighted by atomic mass is 79.9. The molecule has 0 atom stereocenters. The summed E-state index contributed by atoms with van der Waals surface area (Å²) >= 11 is 3.53. The summed E-state index contributed by atoms with van der Waals surface area (Å²) < 4.78 is 17.6. The molecule has 0 radical (unpaired) electrons. The highest BCUT2D eigenvalue weighted by Gasteiger charge is 2.25. The van der Waals surface area contributed by atoms with Crippen LogP contribution in [0.25, 0.3) is 5.57 Å². The summed E-state index contributed by atoms with van der Waals surface area (Å²) in [4.78, 5) is 25.3. The number of carboxylic acid groups (broad SMARTS) is 1. The van der Waals surface area contributed by atoms with E-state index in [-0.39, 0.29) is 18.5 Å². The van der Waals surface area contributed by atoms with Gasteiger partial charge in [0.25, 0.3) is 0 Å². The van der Waals surface area contributed by atoms with E-state index in [0.717, 1.165) is 70.3 Å². The van der Waals surface area contributed by atoms with Gasteiger partial charge >= 0.3 is 11.9 Å². The molecule has 0 unspecified atom stereocenters. The molecule has 5 rings (SSSR count). The molecular weight excluding hydrogens is 682 g/mol. The van der Waals surface area contributed by atoms with Crippen LogP contribution in [0.2, 0.25) is 0 Å². The fourth-order valence-corrected chi connectivity index (χ4v) is 5.95. The van der Waals surface area contributed by atoms with Gasteiger partial charge in [0.2, 0.25) is 0 Å². The molecule has 1 N–H and O–H groups in total. The molecule has 8 heteroatoms. The average Bonchev–Trinajstić information content (AvgIpc) is 3.11. The molecule has 1 aliphatic heterocycles. The zero-order valence-corrected chi connectivity index (χ0v) is 29.4. The first-order valence-corrected chi connectivity index (χ1v) is 17.2. The Labute approximate surface area is 296 Å². The number of halogens is 1. The number of nitrogens with zero attached hydrogens (tertiary/aromatic N) is 1. The van der Waals surface area contributed by atoms with Gasteiger partial charge < -0.3 is 19.3 Å². The number of carbonyl (C=O) groups excluding carboxylic acids is 1. The largest absolute Gasteiger partial charge is 0.489 e. The van der Waals surface area contributed by atoms with Crippen LogP contribution in [0.5, 0.6) is 11.5 Å². The minimum atomic E-state index is -1.02. The smallest absolute Gasteiger partial charge is 0.341 e. The van der Waals surface area contributed by atoms with Crippen LogP contribution in [0.1, 0.15) is 53.1 Å². The predicted octanol–water partition coefficient (Wildman–Crippen LogP) is 7.91. The summed E-state index contributed by atoms with van der Waals surface area (Å²) in [5.74, 6) is 6.71. The van der Waals surface area contributed by atoms with Crippen LogP contribution in [-0.4, -0.2) is 54.9 Å². The molecule has 1 fully saturated rings. The fraction of sp³-hybridized carbons (Fsp3) is 0.268. The maximum atomic E-state index is 12.0. The van der Waals surface area contributed by atoms with Gasteiger partial charge in [0.15, 0.2) is 6.61 Å². The van der Waals surface area contributed by atoms with Crippen molar-refractivity contribution in [2.45, 2.75) is 33.2 Å². The van der Waals surface area contributed by atoms with Crippen molar-refractivity contribution >= 4 is 33.4 Å². The Morgan fingerprint density at radius 1 is 0.878 bits per heavy atom. The normalized spacial score (nSPS) is 13.7. The summed E-state index contributed by atoms with van der Waals surface area (Å²) in [5, 5.41) is 8.88. The number of rotatable bonds is 12. The first kappa shape index (κ1) is 35.5. The van der Waals surface area contributed by atoms with E-state index in [1.54, 1.807) is 12.1 Å². The molecule has 1 heterocycles. The Morgan fingerprint density at radius 2 is 1.49 bits per heavy atom. The maximum Gasteiger partial charge on any atom is 0.341 e. The van der Waals surface area contributed by atoms with Crippen LogP contribution in [0.4, 0.5) is 0 Å². The summed E-state index contributed by atoms with van der Waals surface area (Å²) in [6.45, 7) is 6.75. The van der Waals surface area contributed by atoms with E-state index in [2.05, 4.69) is 87.3 Å². The Hall–Kier alpha value is -4.84. The molecule has 0 aliphatic carbocycles. The molecule has 0 amide bonds. The first-order chi connectivity index (χ1) is 23.8. The molecule has 0 bridgehead atoms. The average molecular weight is 723 g/mol. The van der Waals surface area contributed by atoms with Gasteiger partial charge in [-0.3, -0.25) is 9.69 Å². The fourth-order valence-electron chi connectivity index (χ4n) is 5.68. The van der Waals surface area contributed by atoms with Crippen LogP contribution in [0.15, 0.2) is 102 Å². The number of piperidine rings is 1. The quantitative estimate of drug-likeness (QED) is 0.118. The van der Waals surface area contributed by atoms with Crippen LogP contribution in [0.3, 0.4) is 0 Å². The molecule has 4 aromatic rings. The van der Waals surface area contributed by atoms with Gasteiger partial charge in [-0.25, -0.2) is 4.79 Å². The highest BCUT2D eigenvalue weighted by molar-refractivity contribution is 9.10. The highest BCUT2D eigenvalue weighted by Crippen LogP contribution is 2.27. The number of aliphatic carboxylic acids is 1. The van der Waals surface area contributed by atoms with Crippen molar-refractivity contribution in [3.63, 3.8) is 0 Å². The lowest BCUT2D eigenvalue weighted by Crippen LogP contribution is -2.36. The predicted molar refractivity (Wildman–Crippen MR) is 195 cm³/mol. The number of ether oxygens (including phenoxy) is 3. The van der Waals surface area contributed by atoms with Gasteiger partial charge in [-0.1, -0.05) is 64.2 Å². The Kier molecular flexibility index (Phi) is 12.7. The topological polar surface area (TPSA) is 85.3 Å². The zero-order valence-electron chi connectivity index (χ0n) is 27.8. The Bertz CT molecular complexity index is 1810. The second-order valence-electron chi connectivity index (χ2n) is 11.9. The number of aryl methyl sites for hydroxylation is 1. The van der Waals surface area contributed by atoms with Crippen LogP contribution in [0, 0.1) is 24.7 Å². The molecule has 252 valence electrons. The third-order valence-electron chi connectivity index (χ3n) is 8.30. The minimum Gasteiger partial charge on any atom is -0.489 e. The summed E-state index contributed by atoms with van der Waals surface area (Å²) in [6, 6.07) is 30.1. The van der Waals surface area contributed by atoms with Gasteiger partial charge in [-0.15, -0.1) is 0 Å². The van der Waals surface area contributed by atoms with Crippen molar-refractivity contribution < 1.29 is 28.9 Å². The van der Waals surface area contributed by atoms with E-state index in [1.807, 2.05) is 44.2 Å². The van der Waals surface area contributed by atoms with Crippen LogP contribution >= 0.6 is 15.9 Å². The molecule has 1 aliphatic rings. The molecule has 0 aromatic heterocycles. The number of hydrogen-bond acceptors (Lipinski definition) is 6. The standard InChI is InChI=1S/C41H40BrNO6/c1-3-47-41(46)35-20-23-43(24-21-35)27-32-8-6-30(7-9-32)4-5-31-10-12-33(13-11-31)38(34-14-16-36(42)17-15-34)22-25-48-37-18-19-39(29(2)26-37)49-28-40(44)45/h6-19,22,26,35H,3,20-21,23-25,27-28H2,1-2H3,(H,44,45)/b38-22+.